The lowest BCUT2D eigenvalue weighted by Crippen LogP contribution is -2.27. The van der Waals surface area contributed by atoms with E-state index in [0.717, 1.165) is 16.6 Å². The van der Waals surface area contributed by atoms with Crippen LogP contribution in [0.2, 0.25) is 0 Å². The van der Waals surface area contributed by atoms with E-state index < -0.39 is 0 Å². The van der Waals surface area contributed by atoms with Gasteiger partial charge in [-0.2, -0.15) is 0 Å². The minimum atomic E-state index is 0.0445. The zero-order valence-electron chi connectivity index (χ0n) is 17.1. The zero-order valence-corrected chi connectivity index (χ0v) is 18.7. The Bertz CT molecular complexity index is 997. The molecule has 29 heavy (non-hydrogen) atoms. The van der Waals surface area contributed by atoms with Gasteiger partial charge < -0.3 is 19.4 Å². The highest BCUT2D eigenvalue weighted by Gasteiger charge is 2.12. The van der Waals surface area contributed by atoms with Crippen molar-refractivity contribution in [3.63, 3.8) is 0 Å². The van der Waals surface area contributed by atoms with Crippen molar-refractivity contribution in [1.29, 1.82) is 0 Å². The number of aromatic nitrogens is 1. The number of carbonyl (C=O) groups is 1. The molecule has 0 bridgehead atoms. The molecular formula is C23H27BrN2O3. The van der Waals surface area contributed by atoms with Gasteiger partial charge in [-0.1, -0.05) is 18.2 Å². The van der Waals surface area contributed by atoms with Crippen molar-refractivity contribution in [3.05, 3.63) is 58.2 Å². The molecule has 2 aromatic carbocycles. The minimum Gasteiger partial charge on any atom is -0.493 e. The Morgan fingerprint density at radius 2 is 2.00 bits per heavy atom. The molecule has 0 saturated carbocycles. The second-order valence-corrected chi connectivity index (χ2v) is 7.74. The normalized spacial score (nSPS) is 10.9. The average molecular weight is 459 g/mol. The van der Waals surface area contributed by atoms with Gasteiger partial charge in [-0.15, -0.1) is 0 Å². The molecule has 5 nitrogen and oxygen atoms in total. The number of nitrogens with one attached hydrogen (secondary N) is 1. The van der Waals surface area contributed by atoms with Gasteiger partial charge in [-0.3, -0.25) is 4.79 Å². The number of hydrogen-bond acceptors (Lipinski definition) is 3. The smallest absolute Gasteiger partial charge is 0.220 e. The third-order valence-corrected chi connectivity index (χ3v) is 5.48. The van der Waals surface area contributed by atoms with Crippen molar-refractivity contribution in [2.45, 2.75) is 33.2 Å². The number of ether oxygens (including phenoxy) is 2. The molecule has 0 unspecified atom stereocenters. The molecule has 6 heteroatoms. The second-order valence-electron chi connectivity index (χ2n) is 6.89. The number of fused-ring (bicyclic) bond motifs is 1. The highest BCUT2D eigenvalue weighted by atomic mass is 79.9. The summed E-state index contributed by atoms with van der Waals surface area (Å²) in [5, 5.41) is 4.26. The first-order valence-corrected chi connectivity index (χ1v) is 10.6. The Morgan fingerprint density at radius 3 is 2.76 bits per heavy atom. The maximum atomic E-state index is 12.3. The van der Waals surface area contributed by atoms with Crippen LogP contribution in [0.25, 0.3) is 10.9 Å². The average Bonchev–Trinajstić information content (AvgIpc) is 3.03. The number of carbonyl (C=O) groups excluding carboxylic acids is 1. The van der Waals surface area contributed by atoms with Crippen molar-refractivity contribution in [1.82, 2.24) is 9.88 Å². The summed E-state index contributed by atoms with van der Waals surface area (Å²) in [6.45, 7) is 5.95. The predicted octanol–water partition coefficient (Wildman–Crippen LogP) is 4.87. The Hall–Kier alpha value is -2.47. The third kappa shape index (κ3) is 5.12. The maximum absolute atomic E-state index is 12.3. The summed E-state index contributed by atoms with van der Waals surface area (Å²) < 4.78 is 14.1. The lowest BCUT2D eigenvalue weighted by molar-refractivity contribution is -0.121. The quantitative estimate of drug-likeness (QED) is 0.497. The zero-order chi connectivity index (χ0) is 20.8. The topological polar surface area (TPSA) is 52.5 Å². The lowest BCUT2D eigenvalue weighted by atomic mass is 10.1. The van der Waals surface area contributed by atoms with Crippen molar-refractivity contribution in [3.8, 4) is 11.5 Å². The van der Waals surface area contributed by atoms with E-state index in [-0.39, 0.29) is 5.91 Å². The molecule has 3 rings (SSSR count). The van der Waals surface area contributed by atoms with E-state index in [1.165, 1.54) is 16.6 Å². The summed E-state index contributed by atoms with van der Waals surface area (Å²) in [7, 11) is 1.62. The highest BCUT2D eigenvalue weighted by molar-refractivity contribution is 9.10. The van der Waals surface area contributed by atoms with Crippen LogP contribution in [0.3, 0.4) is 0 Å². The number of nitrogens with zero attached hydrogens (tertiary/aromatic N) is 1. The summed E-state index contributed by atoms with van der Waals surface area (Å²) in [6, 6.07) is 14.4. The Kier molecular flexibility index (Phi) is 7.20. The third-order valence-electron chi connectivity index (χ3n) is 4.89. The van der Waals surface area contributed by atoms with E-state index >= 15 is 0 Å². The maximum Gasteiger partial charge on any atom is 0.220 e. The fraction of sp³-hybridized carbons (Fsp3) is 0.348. The fourth-order valence-electron chi connectivity index (χ4n) is 3.50. The Morgan fingerprint density at radius 1 is 1.21 bits per heavy atom. The number of para-hydroxylation sites is 1. The monoisotopic (exact) mass is 458 g/mol. The Labute approximate surface area is 180 Å². The fourth-order valence-corrected chi connectivity index (χ4v) is 4.10. The molecule has 1 heterocycles. The number of amides is 1. The summed E-state index contributed by atoms with van der Waals surface area (Å²) in [6.07, 6.45) is 1.06. The first kappa shape index (κ1) is 21.2. The number of hydrogen-bond donors (Lipinski definition) is 1. The predicted molar refractivity (Wildman–Crippen MR) is 120 cm³/mol. The summed E-state index contributed by atoms with van der Waals surface area (Å²) in [5.74, 6) is 1.41. The lowest BCUT2D eigenvalue weighted by Gasteiger charge is -2.13. The number of benzene rings is 2. The molecule has 0 aliphatic heterocycles. The SMILES string of the molecule is CCOc1c(Br)cc(CCC(=O)NCCn2c(C)cc3ccccc32)cc1OC. The van der Waals surface area contributed by atoms with Crippen molar-refractivity contribution < 1.29 is 14.3 Å². The van der Waals surface area contributed by atoms with Gasteiger partial charge in [0.15, 0.2) is 11.5 Å². The van der Waals surface area contributed by atoms with E-state index in [0.29, 0.717) is 37.5 Å². The van der Waals surface area contributed by atoms with Crippen LogP contribution >= 0.6 is 15.9 Å². The van der Waals surface area contributed by atoms with Crippen LogP contribution in [0, 0.1) is 6.92 Å². The van der Waals surface area contributed by atoms with E-state index in [9.17, 15) is 4.79 Å². The van der Waals surface area contributed by atoms with Crippen LogP contribution in [0.15, 0.2) is 46.9 Å². The van der Waals surface area contributed by atoms with Gasteiger partial charge >= 0.3 is 0 Å². The standard InChI is InChI=1S/C23H27BrN2O3/c1-4-29-23-19(24)14-17(15-21(23)28-3)9-10-22(27)25-11-12-26-16(2)13-18-7-5-6-8-20(18)26/h5-8,13-15H,4,9-12H2,1-3H3,(H,25,27). The summed E-state index contributed by atoms with van der Waals surface area (Å²) in [4.78, 5) is 12.3. The van der Waals surface area contributed by atoms with Gasteiger partial charge in [0.1, 0.15) is 0 Å². The minimum absolute atomic E-state index is 0.0445. The van der Waals surface area contributed by atoms with Crippen LogP contribution in [-0.2, 0) is 17.8 Å². The summed E-state index contributed by atoms with van der Waals surface area (Å²) >= 11 is 3.53. The van der Waals surface area contributed by atoms with E-state index in [1.807, 2.05) is 31.2 Å². The molecule has 0 fully saturated rings. The molecule has 1 N–H and O–H groups in total. The van der Waals surface area contributed by atoms with Crippen LogP contribution < -0.4 is 14.8 Å². The molecular weight excluding hydrogens is 432 g/mol. The van der Waals surface area contributed by atoms with Crippen LogP contribution in [0.4, 0.5) is 0 Å². The number of halogens is 1. The first-order valence-electron chi connectivity index (χ1n) is 9.84. The van der Waals surface area contributed by atoms with Gasteiger partial charge in [-0.05, 0) is 71.4 Å². The molecule has 1 aromatic heterocycles. The van der Waals surface area contributed by atoms with Crippen molar-refractivity contribution in [2.24, 2.45) is 0 Å². The molecule has 0 aliphatic rings. The van der Waals surface area contributed by atoms with E-state index in [2.05, 4.69) is 50.9 Å². The number of rotatable bonds is 9. The van der Waals surface area contributed by atoms with E-state index in [4.69, 9.17) is 9.47 Å². The van der Waals surface area contributed by atoms with Crippen LogP contribution in [-0.4, -0.2) is 30.7 Å². The molecule has 0 aliphatic carbocycles. The van der Waals surface area contributed by atoms with Gasteiger partial charge in [-0.25, -0.2) is 0 Å². The largest absolute Gasteiger partial charge is 0.493 e. The molecule has 154 valence electrons. The van der Waals surface area contributed by atoms with Crippen molar-refractivity contribution >= 4 is 32.7 Å². The van der Waals surface area contributed by atoms with Crippen molar-refractivity contribution in [2.75, 3.05) is 20.3 Å². The van der Waals surface area contributed by atoms with Crippen LogP contribution in [0.5, 0.6) is 11.5 Å². The molecule has 0 saturated heterocycles. The Balaban J connectivity index is 1.54. The molecule has 1 amide bonds. The van der Waals surface area contributed by atoms with Gasteiger partial charge in [0.05, 0.1) is 18.2 Å². The van der Waals surface area contributed by atoms with Gasteiger partial charge in [0, 0.05) is 30.7 Å². The molecule has 0 radical (unpaired) electrons. The highest BCUT2D eigenvalue weighted by Crippen LogP contribution is 2.36. The van der Waals surface area contributed by atoms with Crippen LogP contribution in [0.1, 0.15) is 24.6 Å². The molecule has 0 spiro atoms. The van der Waals surface area contributed by atoms with Gasteiger partial charge in [0.25, 0.3) is 0 Å². The number of methoxy groups -OCH3 is 1. The molecule has 3 aromatic rings. The van der Waals surface area contributed by atoms with Gasteiger partial charge in [0.2, 0.25) is 5.91 Å². The summed E-state index contributed by atoms with van der Waals surface area (Å²) in [5.41, 5.74) is 3.43. The number of aryl methyl sites for hydroxylation is 2. The van der Waals surface area contributed by atoms with E-state index in [1.54, 1.807) is 7.11 Å². The first-order chi connectivity index (χ1) is 14.0. The molecule has 0 atom stereocenters. The second kappa shape index (κ2) is 9.83.